The van der Waals surface area contributed by atoms with E-state index in [0.29, 0.717) is 6.42 Å². The van der Waals surface area contributed by atoms with E-state index in [-0.39, 0.29) is 11.1 Å². The van der Waals surface area contributed by atoms with Gasteiger partial charge in [-0.25, -0.2) is 4.39 Å². The Morgan fingerprint density at radius 3 is 2.60 bits per heavy atom. The first-order chi connectivity index (χ1) is 9.38. The van der Waals surface area contributed by atoms with E-state index in [1.807, 2.05) is 31.6 Å². The van der Waals surface area contributed by atoms with Crippen molar-refractivity contribution in [2.75, 3.05) is 0 Å². The molecule has 0 amide bonds. The molecule has 0 aliphatic heterocycles. The second-order valence-electron chi connectivity index (χ2n) is 5.19. The Kier molecular flexibility index (Phi) is 4.45. The Morgan fingerprint density at radius 2 is 2.05 bits per heavy atom. The fourth-order valence-corrected chi connectivity index (χ4v) is 2.53. The molecule has 108 valence electrons. The first-order valence-corrected chi connectivity index (χ1v) is 6.95. The molecule has 3 nitrogen and oxygen atoms in total. The fourth-order valence-electron chi connectivity index (χ4n) is 2.42. The summed E-state index contributed by atoms with van der Waals surface area (Å²) in [5.41, 5.74) is 10.3. The average molecular weight is 296 g/mol. The summed E-state index contributed by atoms with van der Waals surface area (Å²) < 4.78 is 15.3. The lowest BCUT2D eigenvalue weighted by Crippen LogP contribution is -2.26. The van der Waals surface area contributed by atoms with Gasteiger partial charge in [0, 0.05) is 18.8 Å². The zero-order valence-electron chi connectivity index (χ0n) is 12.0. The van der Waals surface area contributed by atoms with E-state index in [2.05, 4.69) is 5.10 Å². The maximum atomic E-state index is 13.4. The third-order valence-corrected chi connectivity index (χ3v) is 3.91. The molecule has 20 heavy (non-hydrogen) atoms. The molecule has 0 aliphatic carbocycles. The summed E-state index contributed by atoms with van der Waals surface area (Å²) in [7, 11) is 1.92. The number of aromatic nitrogens is 2. The SMILES string of the molecule is Cc1nn(C)c(C)c1CC(N)Cc1ccc(Cl)c(F)c1. The molecule has 1 heterocycles. The van der Waals surface area contributed by atoms with Gasteiger partial charge in [-0.05, 0) is 49.9 Å². The Hall–Kier alpha value is -1.39. The van der Waals surface area contributed by atoms with Crippen LogP contribution in [-0.4, -0.2) is 15.8 Å². The van der Waals surface area contributed by atoms with Crippen LogP contribution in [0.4, 0.5) is 4.39 Å². The quantitative estimate of drug-likeness (QED) is 0.942. The van der Waals surface area contributed by atoms with Crippen molar-refractivity contribution in [1.29, 1.82) is 0 Å². The minimum absolute atomic E-state index is 0.0721. The highest BCUT2D eigenvalue weighted by Gasteiger charge is 2.14. The maximum Gasteiger partial charge on any atom is 0.142 e. The zero-order valence-corrected chi connectivity index (χ0v) is 12.7. The minimum atomic E-state index is -0.398. The Balaban J connectivity index is 2.08. The zero-order chi connectivity index (χ0) is 14.9. The van der Waals surface area contributed by atoms with Crippen LogP contribution in [0.1, 0.15) is 22.5 Å². The van der Waals surface area contributed by atoms with Crippen molar-refractivity contribution in [2.24, 2.45) is 12.8 Å². The van der Waals surface area contributed by atoms with Gasteiger partial charge >= 0.3 is 0 Å². The van der Waals surface area contributed by atoms with Crippen LogP contribution >= 0.6 is 11.6 Å². The Bertz CT molecular complexity index is 622. The van der Waals surface area contributed by atoms with Gasteiger partial charge in [-0.3, -0.25) is 4.68 Å². The van der Waals surface area contributed by atoms with Crippen LogP contribution < -0.4 is 5.73 Å². The van der Waals surface area contributed by atoms with Gasteiger partial charge in [-0.15, -0.1) is 0 Å². The van der Waals surface area contributed by atoms with Crippen molar-refractivity contribution in [3.05, 3.63) is 51.6 Å². The van der Waals surface area contributed by atoms with Gasteiger partial charge in [0.25, 0.3) is 0 Å². The minimum Gasteiger partial charge on any atom is -0.327 e. The van der Waals surface area contributed by atoms with Crippen LogP contribution in [-0.2, 0) is 19.9 Å². The molecule has 2 N–H and O–H groups in total. The molecule has 0 saturated heterocycles. The van der Waals surface area contributed by atoms with E-state index in [4.69, 9.17) is 17.3 Å². The normalized spacial score (nSPS) is 12.7. The van der Waals surface area contributed by atoms with E-state index in [9.17, 15) is 4.39 Å². The lowest BCUT2D eigenvalue weighted by molar-refractivity contribution is 0.617. The number of halogens is 2. The molecule has 0 fully saturated rings. The van der Waals surface area contributed by atoms with Crippen molar-refractivity contribution in [1.82, 2.24) is 9.78 Å². The van der Waals surface area contributed by atoms with Crippen LogP contribution in [0.25, 0.3) is 0 Å². The molecule has 0 saturated carbocycles. The molecule has 1 atom stereocenters. The molecule has 1 unspecified atom stereocenters. The molecule has 1 aromatic carbocycles. The van der Waals surface area contributed by atoms with Crippen molar-refractivity contribution in [3.8, 4) is 0 Å². The van der Waals surface area contributed by atoms with Crippen LogP contribution in [0.15, 0.2) is 18.2 Å². The summed E-state index contributed by atoms with van der Waals surface area (Å²) in [5, 5.41) is 4.52. The Morgan fingerprint density at radius 1 is 1.35 bits per heavy atom. The second kappa shape index (κ2) is 5.94. The van der Waals surface area contributed by atoms with E-state index in [1.165, 1.54) is 11.6 Å². The van der Waals surface area contributed by atoms with Gasteiger partial charge in [0.05, 0.1) is 10.7 Å². The smallest absolute Gasteiger partial charge is 0.142 e. The monoisotopic (exact) mass is 295 g/mol. The third-order valence-electron chi connectivity index (χ3n) is 3.61. The fraction of sp³-hybridized carbons (Fsp3) is 0.400. The van der Waals surface area contributed by atoms with Gasteiger partial charge in [0.2, 0.25) is 0 Å². The summed E-state index contributed by atoms with van der Waals surface area (Å²) in [6.45, 7) is 4.01. The van der Waals surface area contributed by atoms with Gasteiger partial charge in [0.15, 0.2) is 0 Å². The molecule has 2 rings (SSSR count). The molecule has 5 heteroatoms. The summed E-state index contributed by atoms with van der Waals surface area (Å²) >= 11 is 5.67. The van der Waals surface area contributed by atoms with Gasteiger partial charge in [-0.2, -0.15) is 5.10 Å². The Labute approximate surface area is 123 Å². The molecule has 0 radical (unpaired) electrons. The molecular formula is C15H19ClFN3. The lowest BCUT2D eigenvalue weighted by atomic mass is 9.98. The highest BCUT2D eigenvalue weighted by Crippen LogP contribution is 2.18. The molecule has 2 aromatic rings. The molecule has 0 aliphatic rings. The van der Waals surface area contributed by atoms with Gasteiger partial charge < -0.3 is 5.73 Å². The number of aryl methyl sites for hydroxylation is 2. The third kappa shape index (κ3) is 3.19. The topological polar surface area (TPSA) is 43.8 Å². The molecule has 1 aromatic heterocycles. The summed E-state index contributed by atoms with van der Waals surface area (Å²) in [5.74, 6) is -0.398. The van der Waals surface area contributed by atoms with Crippen molar-refractivity contribution < 1.29 is 4.39 Å². The molecule has 0 spiro atoms. The first-order valence-electron chi connectivity index (χ1n) is 6.57. The average Bonchev–Trinajstić information content (AvgIpc) is 2.61. The summed E-state index contributed by atoms with van der Waals surface area (Å²) in [4.78, 5) is 0. The van der Waals surface area contributed by atoms with E-state index in [0.717, 1.165) is 23.4 Å². The molecular weight excluding hydrogens is 277 g/mol. The number of benzene rings is 1. The van der Waals surface area contributed by atoms with Crippen molar-refractivity contribution in [3.63, 3.8) is 0 Å². The number of hydrogen-bond acceptors (Lipinski definition) is 2. The predicted molar refractivity (Wildman–Crippen MR) is 79.5 cm³/mol. The molecule has 0 bridgehead atoms. The predicted octanol–water partition coefficient (Wildman–Crippen LogP) is 2.94. The van der Waals surface area contributed by atoms with E-state index >= 15 is 0 Å². The van der Waals surface area contributed by atoms with Crippen LogP contribution in [0.2, 0.25) is 5.02 Å². The van der Waals surface area contributed by atoms with Crippen LogP contribution in [0, 0.1) is 19.7 Å². The summed E-state index contributed by atoms with van der Waals surface area (Å²) in [6, 6.07) is 4.76. The first kappa shape index (κ1) is 15.0. The van der Waals surface area contributed by atoms with E-state index < -0.39 is 5.82 Å². The number of hydrogen-bond donors (Lipinski definition) is 1. The number of nitrogens with two attached hydrogens (primary N) is 1. The van der Waals surface area contributed by atoms with Crippen LogP contribution in [0.3, 0.4) is 0 Å². The number of nitrogens with zero attached hydrogens (tertiary/aromatic N) is 2. The maximum absolute atomic E-state index is 13.4. The lowest BCUT2D eigenvalue weighted by Gasteiger charge is -2.12. The van der Waals surface area contributed by atoms with Gasteiger partial charge in [-0.1, -0.05) is 17.7 Å². The van der Waals surface area contributed by atoms with Gasteiger partial charge in [0.1, 0.15) is 5.82 Å². The summed E-state index contributed by atoms with van der Waals surface area (Å²) in [6.07, 6.45) is 1.34. The van der Waals surface area contributed by atoms with E-state index in [1.54, 1.807) is 6.07 Å². The number of rotatable bonds is 4. The van der Waals surface area contributed by atoms with Crippen molar-refractivity contribution >= 4 is 11.6 Å². The van der Waals surface area contributed by atoms with Crippen molar-refractivity contribution in [2.45, 2.75) is 32.7 Å². The largest absolute Gasteiger partial charge is 0.327 e. The van der Waals surface area contributed by atoms with Crippen LogP contribution in [0.5, 0.6) is 0 Å². The standard InChI is InChI=1S/C15H19ClFN3/c1-9-13(10(2)20(3)19-9)8-12(18)6-11-4-5-14(16)15(17)7-11/h4-5,7,12H,6,8,18H2,1-3H3. The second-order valence-corrected chi connectivity index (χ2v) is 5.60. The highest BCUT2D eigenvalue weighted by molar-refractivity contribution is 6.30. The highest BCUT2D eigenvalue weighted by atomic mass is 35.5.